The van der Waals surface area contributed by atoms with Crippen molar-refractivity contribution in [3.63, 3.8) is 0 Å². The van der Waals surface area contributed by atoms with Crippen molar-refractivity contribution in [1.82, 2.24) is 4.90 Å². The minimum atomic E-state index is -0.575. The van der Waals surface area contributed by atoms with E-state index in [4.69, 9.17) is 5.73 Å². The van der Waals surface area contributed by atoms with Crippen molar-refractivity contribution < 1.29 is 14.4 Å². The first kappa shape index (κ1) is 21.6. The standard InChI is InChI=1S/C24H24N4O3/c1-28(16-17-8-3-2-4-9-17)24(31)18-10-7-11-19(14-18)27-22(29)15-26-21-13-6-5-12-20(21)23(25)30/h2-14,26H,15-16H2,1H3,(H2,25,30)(H,27,29). The summed E-state index contributed by atoms with van der Waals surface area (Å²) < 4.78 is 0. The lowest BCUT2D eigenvalue weighted by Gasteiger charge is -2.18. The number of primary amides is 1. The van der Waals surface area contributed by atoms with Crippen LogP contribution in [0.1, 0.15) is 26.3 Å². The van der Waals surface area contributed by atoms with Crippen LogP contribution in [0.3, 0.4) is 0 Å². The van der Waals surface area contributed by atoms with Gasteiger partial charge >= 0.3 is 0 Å². The molecule has 0 atom stereocenters. The number of nitrogens with zero attached hydrogens (tertiary/aromatic N) is 1. The molecule has 158 valence electrons. The average molecular weight is 416 g/mol. The molecule has 0 fully saturated rings. The van der Waals surface area contributed by atoms with Gasteiger partial charge in [0.15, 0.2) is 0 Å². The minimum absolute atomic E-state index is 0.0591. The zero-order chi connectivity index (χ0) is 22.2. The van der Waals surface area contributed by atoms with E-state index in [1.54, 1.807) is 60.5 Å². The van der Waals surface area contributed by atoms with Crippen LogP contribution in [0.2, 0.25) is 0 Å². The van der Waals surface area contributed by atoms with Gasteiger partial charge in [-0.2, -0.15) is 0 Å². The molecular formula is C24H24N4O3. The van der Waals surface area contributed by atoms with Crippen LogP contribution >= 0.6 is 0 Å². The molecule has 0 spiro atoms. The van der Waals surface area contributed by atoms with Gasteiger partial charge in [-0.25, -0.2) is 0 Å². The number of benzene rings is 3. The van der Waals surface area contributed by atoms with Crippen molar-refractivity contribution in [3.8, 4) is 0 Å². The van der Waals surface area contributed by atoms with Crippen LogP contribution < -0.4 is 16.4 Å². The fourth-order valence-corrected chi connectivity index (χ4v) is 3.11. The summed E-state index contributed by atoms with van der Waals surface area (Å²) in [4.78, 5) is 38.2. The molecule has 0 heterocycles. The Hall–Kier alpha value is -4.13. The van der Waals surface area contributed by atoms with E-state index >= 15 is 0 Å². The topological polar surface area (TPSA) is 105 Å². The largest absolute Gasteiger partial charge is 0.376 e. The van der Waals surface area contributed by atoms with Crippen LogP contribution in [0.25, 0.3) is 0 Å². The van der Waals surface area contributed by atoms with E-state index in [1.165, 1.54) is 0 Å². The van der Waals surface area contributed by atoms with E-state index in [-0.39, 0.29) is 18.4 Å². The van der Waals surface area contributed by atoms with Gasteiger partial charge in [0.1, 0.15) is 0 Å². The molecule has 0 aliphatic heterocycles. The van der Waals surface area contributed by atoms with Crippen LogP contribution in [0.15, 0.2) is 78.9 Å². The van der Waals surface area contributed by atoms with E-state index in [2.05, 4.69) is 10.6 Å². The fourth-order valence-electron chi connectivity index (χ4n) is 3.11. The second-order valence-electron chi connectivity index (χ2n) is 7.04. The number of para-hydroxylation sites is 1. The second kappa shape index (κ2) is 10.1. The Labute approximate surface area is 180 Å². The predicted molar refractivity (Wildman–Crippen MR) is 121 cm³/mol. The molecule has 4 N–H and O–H groups in total. The number of amides is 3. The highest BCUT2D eigenvalue weighted by Gasteiger charge is 2.14. The van der Waals surface area contributed by atoms with Crippen molar-refractivity contribution in [2.75, 3.05) is 24.2 Å². The van der Waals surface area contributed by atoms with Gasteiger partial charge in [-0.05, 0) is 35.9 Å². The van der Waals surface area contributed by atoms with Crippen LogP contribution in [-0.4, -0.2) is 36.2 Å². The Balaban J connectivity index is 1.60. The van der Waals surface area contributed by atoms with Crippen LogP contribution in [0.5, 0.6) is 0 Å². The second-order valence-corrected chi connectivity index (χ2v) is 7.04. The maximum Gasteiger partial charge on any atom is 0.253 e. The Bertz CT molecular complexity index is 1080. The van der Waals surface area contributed by atoms with Crippen molar-refractivity contribution in [2.45, 2.75) is 6.54 Å². The van der Waals surface area contributed by atoms with E-state index in [1.807, 2.05) is 30.3 Å². The van der Waals surface area contributed by atoms with Crippen LogP contribution in [0, 0.1) is 0 Å². The summed E-state index contributed by atoms with van der Waals surface area (Å²) in [7, 11) is 1.74. The van der Waals surface area contributed by atoms with Gasteiger partial charge < -0.3 is 21.3 Å². The summed E-state index contributed by atoms with van der Waals surface area (Å²) in [6.07, 6.45) is 0. The molecule has 3 rings (SSSR count). The summed E-state index contributed by atoms with van der Waals surface area (Å²) in [5.41, 5.74) is 8.16. The number of hydrogen-bond acceptors (Lipinski definition) is 4. The first-order valence-electron chi connectivity index (χ1n) is 9.76. The summed E-state index contributed by atoms with van der Waals surface area (Å²) >= 11 is 0. The number of carbonyl (C=O) groups is 3. The third-order valence-electron chi connectivity index (χ3n) is 4.63. The fraction of sp³-hybridized carbons (Fsp3) is 0.125. The van der Waals surface area contributed by atoms with Crippen LogP contribution in [0.4, 0.5) is 11.4 Å². The Kier molecular flexibility index (Phi) is 7.01. The van der Waals surface area contributed by atoms with Gasteiger partial charge in [-0.3, -0.25) is 14.4 Å². The molecule has 7 nitrogen and oxygen atoms in total. The van der Waals surface area contributed by atoms with Crippen molar-refractivity contribution in [1.29, 1.82) is 0 Å². The van der Waals surface area contributed by atoms with E-state index in [0.29, 0.717) is 29.0 Å². The Morgan fingerprint density at radius 2 is 1.61 bits per heavy atom. The van der Waals surface area contributed by atoms with Gasteiger partial charge in [0.2, 0.25) is 5.91 Å². The molecular weight excluding hydrogens is 392 g/mol. The third-order valence-corrected chi connectivity index (χ3v) is 4.63. The van der Waals surface area contributed by atoms with Gasteiger partial charge in [-0.15, -0.1) is 0 Å². The summed E-state index contributed by atoms with van der Waals surface area (Å²) in [5.74, 6) is -1.04. The number of rotatable bonds is 8. The van der Waals surface area contributed by atoms with Gasteiger partial charge in [0, 0.05) is 30.5 Å². The van der Waals surface area contributed by atoms with E-state index < -0.39 is 5.91 Å². The number of hydrogen-bond donors (Lipinski definition) is 3. The summed E-state index contributed by atoms with van der Waals surface area (Å²) in [5, 5.41) is 5.67. The van der Waals surface area contributed by atoms with E-state index in [0.717, 1.165) is 5.56 Å². The normalized spacial score (nSPS) is 10.2. The number of nitrogens with two attached hydrogens (primary N) is 1. The third kappa shape index (κ3) is 5.93. The Morgan fingerprint density at radius 3 is 2.35 bits per heavy atom. The van der Waals surface area contributed by atoms with Gasteiger partial charge in [0.25, 0.3) is 11.8 Å². The first-order valence-corrected chi connectivity index (χ1v) is 9.76. The first-order chi connectivity index (χ1) is 14.9. The zero-order valence-corrected chi connectivity index (χ0v) is 17.2. The average Bonchev–Trinajstić information content (AvgIpc) is 2.78. The lowest BCUT2D eigenvalue weighted by Crippen LogP contribution is -2.26. The number of nitrogens with one attached hydrogen (secondary N) is 2. The highest BCUT2D eigenvalue weighted by molar-refractivity contribution is 6.00. The maximum atomic E-state index is 12.8. The summed E-state index contributed by atoms with van der Waals surface area (Å²) in [6, 6.07) is 23.2. The monoisotopic (exact) mass is 416 g/mol. The quantitative estimate of drug-likeness (QED) is 0.525. The highest BCUT2D eigenvalue weighted by atomic mass is 16.2. The molecule has 0 saturated carbocycles. The lowest BCUT2D eigenvalue weighted by atomic mass is 10.1. The highest BCUT2D eigenvalue weighted by Crippen LogP contribution is 2.16. The summed E-state index contributed by atoms with van der Waals surface area (Å²) in [6.45, 7) is 0.426. The Morgan fingerprint density at radius 1 is 0.903 bits per heavy atom. The van der Waals surface area contributed by atoms with Gasteiger partial charge in [0.05, 0.1) is 12.1 Å². The minimum Gasteiger partial charge on any atom is -0.376 e. The smallest absolute Gasteiger partial charge is 0.253 e. The molecule has 3 aromatic rings. The molecule has 0 saturated heterocycles. The zero-order valence-electron chi connectivity index (χ0n) is 17.2. The van der Waals surface area contributed by atoms with Crippen molar-refractivity contribution in [2.24, 2.45) is 5.73 Å². The predicted octanol–water partition coefficient (Wildman–Crippen LogP) is 3.11. The molecule has 0 aliphatic rings. The molecule has 0 radical (unpaired) electrons. The number of carbonyl (C=O) groups excluding carboxylic acids is 3. The molecule has 7 heteroatoms. The molecule has 0 aliphatic carbocycles. The molecule has 0 bridgehead atoms. The van der Waals surface area contributed by atoms with Gasteiger partial charge in [-0.1, -0.05) is 48.5 Å². The number of anilines is 2. The van der Waals surface area contributed by atoms with Crippen molar-refractivity contribution in [3.05, 3.63) is 95.6 Å². The SMILES string of the molecule is CN(Cc1ccccc1)C(=O)c1cccc(NC(=O)CNc2ccccc2C(N)=O)c1. The van der Waals surface area contributed by atoms with Crippen LogP contribution in [-0.2, 0) is 11.3 Å². The molecule has 0 unspecified atom stereocenters. The van der Waals surface area contributed by atoms with Crippen molar-refractivity contribution >= 4 is 29.1 Å². The molecule has 3 amide bonds. The molecule has 31 heavy (non-hydrogen) atoms. The van der Waals surface area contributed by atoms with E-state index in [9.17, 15) is 14.4 Å². The lowest BCUT2D eigenvalue weighted by molar-refractivity contribution is -0.114. The molecule has 0 aromatic heterocycles. The maximum absolute atomic E-state index is 12.8. The molecule has 3 aromatic carbocycles.